The standard InChI is InChI=1S/C15H18N2OS/c1-15(2)14(11-5-3-4-6-12(11)18-15)17-8-7-13-16-9-10-19-13/h3-6,9-10,14,17H,7-8H2,1-2H3. The summed E-state index contributed by atoms with van der Waals surface area (Å²) in [5.41, 5.74) is 1.05. The Morgan fingerprint density at radius 2 is 2.21 bits per heavy atom. The van der Waals surface area contributed by atoms with Crippen LogP contribution in [0.4, 0.5) is 0 Å². The minimum absolute atomic E-state index is 0.202. The van der Waals surface area contributed by atoms with E-state index in [1.807, 2.05) is 23.7 Å². The van der Waals surface area contributed by atoms with E-state index < -0.39 is 0 Å². The average molecular weight is 274 g/mol. The van der Waals surface area contributed by atoms with E-state index in [2.05, 4.69) is 36.3 Å². The number of para-hydroxylation sites is 1. The molecule has 1 atom stereocenters. The first-order valence-corrected chi connectivity index (χ1v) is 7.44. The number of nitrogens with zero attached hydrogens (tertiary/aromatic N) is 1. The van der Waals surface area contributed by atoms with E-state index in [0.717, 1.165) is 18.7 Å². The molecule has 0 radical (unpaired) electrons. The number of thiazole rings is 1. The van der Waals surface area contributed by atoms with E-state index in [9.17, 15) is 0 Å². The van der Waals surface area contributed by atoms with E-state index in [4.69, 9.17) is 4.74 Å². The van der Waals surface area contributed by atoms with Crippen LogP contribution >= 0.6 is 11.3 Å². The predicted octanol–water partition coefficient (Wildman–Crippen LogP) is 3.19. The van der Waals surface area contributed by atoms with Gasteiger partial charge in [-0.3, -0.25) is 0 Å². The third-order valence-electron chi connectivity index (χ3n) is 3.47. The average Bonchev–Trinajstić information content (AvgIpc) is 2.96. The van der Waals surface area contributed by atoms with E-state index in [1.54, 1.807) is 11.3 Å². The molecule has 0 amide bonds. The first kappa shape index (κ1) is 12.6. The van der Waals surface area contributed by atoms with Gasteiger partial charge in [-0.1, -0.05) is 18.2 Å². The Kier molecular flexibility index (Phi) is 3.29. The molecule has 1 N–H and O–H groups in total. The molecule has 3 rings (SSSR count). The minimum Gasteiger partial charge on any atom is -0.486 e. The summed E-state index contributed by atoms with van der Waals surface area (Å²) in [6.45, 7) is 5.18. The first-order chi connectivity index (χ1) is 9.17. The van der Waals surface area contributed by atoms with E-state index >= 15 is 0 Å². The van der Waals surface area contributed by atoms with Crippen molar-refractivity contribution < 1.29 is 4.74 Å². The molecule has 4 heteroatoms. The van der Waals surface area contributed by atoms with Crippen molar-refractivity contribution in [1.82, 2.24) is 10.3 Å². The quantitative estimate of drug-likeness (QED) is 0.929. The maximum absolute atomic E-state index is 6.02. The van der Waals surface area contributed by atoms with Gasteiger partial charge in [0.05, 0.1) is 11.0 Å². The monoisotopic (exact) mass is 274 g/mol. The molecule has 2 heterocycles. The Morgan fingerprint density at radius 1 is 1.37 bits per heavy atom. The first-order valence-electron chi connectivity index (χ1n) is 6.56. The summed E-state index contributed by atoms with van der Waals surface area (Å²) < 4.78 is 6.02. The normalized spacial score (nSPS) is 20.0. The lowest BCUT2D eigenvalue weighted by molar-refractivity contribution is 0.0968. The summed E-state index contributed by atoms with van der Waals surface area (Å²) in [4.78, 5) is 4.31. The van der Waals surface area contributed by atoms with Crippen molar-refractivity contribution in [3.8, 4) is 5.75 Å². The van der Waals surface area contributed by atoms with Crippen LogP contribution in [0.2, 0.25) is 0 Å². The number of rotatable bonds is 4. The second-order valence-corrected chi connectivity index (χ2v) is 6.29. The van der Waals surface area contributed by atoms with Gasteiger partial charge in [0.25, 0.3) is 0 Å². The molecule has 1 aliphatic rings. The van der Waals surface area contributed by atoms with Crippen molar-refractivity contribution in [3.05, 3.63) is 46.4 Å². The van der Waals surface area contributed by atoms with Crippen molar-refractivity contribution in [1.29, 1.82) is 0 Å². The smallest absolute Gasteiger partial charge is 0.125 e. The van der Waals surface area contributed by atoms with Gasteiger partial charge in [0, 0.05) is 30.1 Å². The molecular formula is C15H18N2OS. The predicted molar refractivity (Wildman–Crippen MR) is 77.7 cm³/mol. The summed E-state index contributed by atoms with van der Waals surface area (Å²) in [5, 5.41) is 6.81. The topological polar surface area (TPSA) is 34.1 Å². The highest BCUT2D eigenvalue weighted by Crippen LogP contribution is 2.42. The molecule has 0 bridgehead atoms. The van der Waals surface area contributed by atoms with E-state index in [1.165, 1.54) is 10.6 Å². The van der Waals surface area contributed by atoms with Gasteiger partial charge in [-0.25, -0.2) is 4.98 Å². The zero-order chi connectivity index (χ0) is 13.3. The van der Waals surface area contributed by atoms with Gasteiger partial charge in [-0.2, -0.15) is 0 Å². The Labute approximate surface area is 117 Å². The summed E-state index contributed by atoms with van der Waals surface area (Å²) in [7, 11) is 0. The van der Waals surface area contributed by atoms with Crippen molar-refractivity contribution in [2.45, 2.75) is 31.9 Å². The number of hydrogen-bond donors (Lipinski definition) is 1. The maximum Gasteiger partial charge on any atom is 0.125 e. The van der Waals surface area contributed by atoms with Gasteiger partial charge in [0.15, 0.2) is 0 Å². The fourth-order valence-electron chi connectivity index (χ4n) is 2.58. The fraction of sp³-hybridized carbons (Fsp3) is 0.400. The molecule has 0 saturated heterocycles. The highest BCUT2D eigenvalue weighted by atomic mass is 32.1. The molecule has 19 heavy (non-hydrogen) atoms. The number of fused-ring (bicyclic) bond motifs is 1. The van der Waals surface area contributed by atoms with Crippen molar-refractivity contribution >= 4 is 11.3 Å². The van der Waals surface area contributed by atoms with Gasteiger partial charge < -0.3 is 10.1 Å². The summed E-state index contributed by atoms with van der Waals surface area (Å²) in [6, 6.07) is 8.51. The molecule has 2 aromatic rings. The minimum atomic E-state index is -0.202. The molecule has 0 fully saturated rings. The summed E-state index contributed by atoms with van der Waals surface area (Å²) in [5.74, 6) is 0.999. The molecule has 1 aliphatic heterocycles. The van der Waals surface area contributed by atoms with E-state index in [-0.39, 0.29) is 11.6 Å². The third-order valence-corrected chi connectivity index (χ3v) is 4.31. The zero-order valence-corrected chi connectivity index (χ0v) is 12.0. The lowest BCUT2D eigenvalue weighted by Crippen LogP contribution is -2.39. The molecule has 0 spiro atoms. The number of nitrogens with one attached hydrogen (secondary N) is 1. The number of benzene rings is 1. The molecule has 1 unspecified atom stereocenters. The number of hydrogen-bond acceptors (Lipinski definition) is 4. The van der Waals surface area contributed by atoms with E-state index in [0.29, 0.717) is 0 Å². The van der Waals surface area contributed by atoms with Crippen LogP contribution < -0.4 is 10.1 Å². The highest BCUT2D eigenvalue weighted by molar-refractivity contribution is 7.09. The van der Waals surface area contributed by atoms with Crippen LogP contribution in [-0.4, -0.2) is 17.1 Å². The van der Waals surface area contributed by atoms with Crippen LogP contribution in [0.3, 0.4) is 0 Å². The van der Waals surface area contributed by atoms with Crippen molar-refractivity contribution in [2.75, 3.05) is 6.54 Å². The van der Waals surface area contributed by atoms with Crippen LogP contribution in [0.25, 0.3) is 0 Å². The van der Waals surface area contributed by atoms with Crippen LogP contribution in [-0.2, 0) is 6.42 Å². The fourth-order valence-corrected chi connectivity index (χ4v) is 3.20. The molecular weight excluding hydrogens is 256 g/mol. The van der Waals surface area contributed by atoms with Gasteiger partial charge in [0.2, 0.25) is 0 Å². The van der Waals surface area contributed by atoms with Crippen molar-refractivity contribution in [2.24, 2.45) is 0 Å². The zero-order valence-electron chi connectivity index (χ0n) is 11.2. The van der Waals surface area contributed by atoms with Crippen molar-refractivity contribution in [3.63, 3.8) is 0 Å². The Hall–Kier alpha value is -1.39. The number of aromatic nitrogens is 1. The molecule has 1 aromatic heterocycles. The van der Waals surface area contributed by atoms with Gasteiger partial charge in [0.1, 0.15) is 11.4 Å². The van der Waals surface area contributed by atoms with Gasteiger partial charge in [-0.15, -0.1) is 11.3 Å². The molecule has 0 aliphatic carbocycles. The number of ether oxygens (including phenoxy) is 1. The van der Waals surface area contributed by atoms with Crippen LogP contribution in [0.1, 0.15) is 30.5 Å². The SMILES string of the molecule is CC1(C)Oc2ccccc2C1NCCc1nccs1. The summed E-state index contributed by atoms with van der Waals surface area (Å²) >= 11 is 1.71. The van der Waals surface area contributed by atoms with Crippen LogP contribution in [0.5, 0.6) is 5.75 Å². The Morgan fingerprint density at radius 3 is 3.00 bits per heavy atom. The Bertz CT molecular complexity index is 551. The highest BCUT2D eigenvalue weighted by Gasteiger charge is 2.40. The molecule has 3 nitrogen and oxygen atoms in total. The second-order valence-electron chi connectivity index (χ2n) is 5.31. The lowest BCUT2D eigenvalue weighted by atomic mass is 9.94. The lowest BCUT2D eigenvalue weighted by Gasteiger charge is -2.27. The third kappa shape index (κ3) is 2.51. The second kappa shape index (κ2) is 4.94. The van der Waals surface area contributed by atoms with Crippen LogP contribution in [0.15, 0.2) is 35.8 Å². The summed E-state index contributed by atoms with van der Waals surface area (Å²) in [6.07, 6.45) is 2.82. The van der Waals surface area contributed by atoms with Gasteiger partial charge >= 0.3 is 0 Å². The maximum atomic E-state index is 6.02. The molecule has 0 saturated carbocycles. The largest absolute Gasteiger partial charge is 0.486 e. The molecule has 100 valence electrons. The van der Waals surface area contributed by atoms with Gasteiger partial charge in [-0.05, 0) is 19.9 Å². The van der Waals surface area contributed by atoms with Crippen LogP contribution in [0, 0.1) is 0 Å². The molecule has 1 aromatic carbocycles. The Balaban J connectivity index is 1.69.